The molecule has 2 aromatic carbocycles. The number of esters is 1. The smallest absolute Gasteiger partial charge is 0.306 e. The summed E-state index contributed by atoms with van der Waals surface area (Å²) in [6.45, 7) is 5.77. The van der Waals surface area contributed by atoms with E-state index in [1.54, 1.807) is 7.11 Å². The Morgan fingerprint density at radius 2 is 1.92 bits per heavy atom. The Hall–Kier alpha value is -2.33. The maximum Gasteiger partial charge on any atom is 0.306 e. The average molecular weight is 358 g/mol. The van der Waals surface area contributed by atoms with E-state index in [1.807, 2.05) is 69.3 Å². The van der Waals surface area contributed by atoms with Gasteiger partial charge in [0.25, 0.3) is 0 Å². The first-order chi connectivity index (χ1) is 12.8. The highest BCUT2D eigenvalue weighted by Crippen LogP contribution is 2.34. The molecule has 0 fully saturated rings. The molecule has 0 saturated carbocycles. The summed E-state index contributed by atoms with van der Waals surface area (Å²) in [5.41, 5.74) is 2.53. The van der Waals surface area contributed by atoms with Gasteiger partial charge in [-0.3, -0.25) is 4.79 Å². The highest BCUT2D eigenvalue weighted by atomic mass is 16.6. The second-order valence-electron chi connectivity index (χ2n) is 7.31. The molecule has 0 unspecified atom stereocenters. The van der Waals surface area contributed by atoms with Crippen molar-refractivity contribution in [3.8, 4) is 16.9 Å². The number of ether oxygens (including phenoxy) is 2. The van der Waals surface area contributed by atoms with Crippen LogP contribution in [-0.2, 0) is 9.53 Å². The maximum atomic E-state index is 12.1. The van der Waals surface area contributed by atoms with Gasteiger partial charge in [0.1, 0.15) is 11.4 Å². The summed E-state index contributed by atoms with van der Waals surface area (Å²) in [7, 11) is 1.65. The molecule has 0 aliphatic heterocycles. The summed E-state index contributed by atoms with van der Waals surface area (Å²) in [6.07, 6.45) is 0.826. The van der Waals surface area contributed by atoms with Crippen LogP contribution in [0.2, 0.25) is 0 Å². The van der Waals surface area contributed by atoms with Crippen LogP contribution in [0.5, 0.6) is 5.75 Å². The monoisotopic (exact) mass is 358 g/mol. The van der Waals surface area contributed by atoms with Crippen molar-refractivity contribution in [2.75, 3.05) is 13.7 Å². The molecule has 0 aromatic heterocycles. The highest BCUT2D eigenvalue weighted by Gasteiger charge is 2.19. The molecule has 0 aliphatic carbocycles. The van der Waals surface area contributed by atoms with E-state index in [4.69, 9.17) is 10.9 Å². The van der Waals surface area contributed by atoms with Crippen LogP contribution in [-0.4, -0.2) is 31.8 Å². The Balaban J connectivity index is 2.22. The molecule has 0 amide bonds. The lowest BCUT2D eigenvalue weighted by molar-refractivity contribution is -0.155. The number of aliphatic hydroxyl groups is 1. The molecule has 1 N–H and O–H groups in total. The van der Waals surface area contributed by atoms with E-state index in [9.17, 15) is 4.79 Å². The first-order valence-corrected chi connectivity index (χ1v) is 8.87. The normalized spacial score (nSPS) is 13.0. The Labute approximate surface area is 157 Å². The molecule has 0 heterocycles. The summed E-state index contributed by atoms with van der Waals surface area (Å²) >= 11 is 0. The van der Waals surface area contributed by atoms with Gasteiger partial charge in [0, 0.05) is 24.5 Å². The third-order valence-electron chi connectivity index (χ3n) is 4.10. The standard InChI is InChI=1S/C22H28O4/c1-22(2,3)26-21(24)13-11-18(15-23)17-10-12-20(25-4)19(14-17)16-8-6-5-7-9-16/h5-10,12,14,18,23H,11,13,15H2,1-4H3/t18-/m1/s1/i23T. The van der Waals surface area contributed by atoms with E-state index >= 15 is 0 Å². The number of methoxy groups -OCH3 is 1. The molecule has 2 rings (SSSR count). The molecular weight excluding hydrogens is 328 g/mol. The van der Waals surface area contributed by atoms with Gasteiger partial charge in [0.05, 0.1) is 7.11 Å². The van der Waals surface area contributed by atoms with Gasteiger partial charge in [0.15, 0.2) is 0 Å². The molecule has 140 valence electrons. The zero-order chi connectivity index (χ0) is 19.9. The van der Waals surface area contributed by atoms with Gasteiger partial charge in [-0.25, -0.2) is 0 Å². The second-order valence-corrected chi connectivity index (χ2v) is 7.31. The number of carbonyl (C=O) groups excluding carboxylic acids is 1. The van der Waals surface area contributed by atoms with E-state index in [-0.39, 0.29) is 24.9 Å². The third kappa shape index (κ3) is 5.60. The lowest BCUT2D eigenvalue weighted by Crippen LogP contribution is -2.24. The number of rotatable bonds is 8. The van der Waals surface area contributed by atoms with E-state index in [0.717, 1.165) is 22.4 Å². The number of benzene rings is 2. The van der Waals surface area contributed by atoms with Crippen LogP contribution in [0.1, 0.15) is 45.1 Å². The quantitative estimate of drug-likeness (QED) is 0.703. The van der Waals surface area contributed by atoms with Gasteiger partial charge >= 0.3 is 5.97 Å². The van der Waals surface area contributed by atoms with Crippen molar-refractivity contribution in [2.24, 2.45) is 0 Å². The van der Waals surface area contributed by atoms with Crippen molar-refractivity contribution >= 4 is 5.97 Å². The van der Waals surface area contributed by atoms with Gasteiger partial charge in [-0.15, -0.1) is 0 Å². The van der Waals surface area contributed by atoms with Crippen molar-refractivity contribution in [1.82, 2.24) is 0 Å². The topological polar surface area (TPSA) is 55.8 Å². The summed E-state index contributed by atoms with van der Waals surface area (Å²) in [5.74, 6) is 0.459. The fraction of sp³-hybridized carbons (Fsp3) is 0.409. The largest absolute Gasteiger partial charge is 0.496 e. The predicted octanol–water partition coefficient (Wildman–Crippen LogP) is 4.56. The first kappa shape index (κ1) is 18.5. The fourth-order valence-corrected chi connectivity index (χ4v) is 2.85. The molecule has 0 aliphatic rings. The van der Waals surface area contributed by atoms with Gasteiger partial charge < -0.3 is 14.6 Å². The zero-order valence-electron chi connectivity index (χ0n) is 17.0. The first-order valence-electron chi connectivity index (χ1n) is 9.28. The van der Waals surface area contributed by atoms with Crippen LogP contribution in [0.15, 0.2) is 48.5 Å². The number of carbonyl (C=O) groups is 1. The van der Waals surface area contributed by atoms with E-state index in [1.165, 1.54) is 0 Å². The average Bonchev–Trinajstić information content (AvgIpc) is 2.64. The lowest BCUT2D eigenvalue weighted by atomic mass is 9.91. The predicted molar refractivity (Wildman–Crippen MR) is 103 cm³/mol. The zero-order valence-corrected chi connectivity index (χ0v) is 16.0. The van der Waals surface area contributed by atoms with Gasteiger partial charge in [0.2, 0.25) is 1.43 Å². The summed E-state index contributed by atoms with van der Waals surface area (Å²) in [4.78, 5) is 12.1. The molecule has 4 nitrogen and oxygen atoms in total. The molecule has 0 radical (unpaired) electrons. The van der Waals surface area contributed by atoms with Crippen molar-refractivity contribution in [3.05, 3.63) is 54.1 Å². The molecule has 1 atom stereocenters. The molecular formula is C22H28O4. The van der Waals surface area contributed by atoms with E-state index < -0.39 is 5.60 Å². The summed E-state index contributed by atoms with van der Waals surface area (Å²) in [5, 5.41) is 4.66. The molecule has 0 spiro atoms. The molecule has 4 heteroatoms. The minimum atomic E-state index is -0.501. The minimum Gasteiger partial charge on any atom is -0.496 e. The Morgan fingerprint density at radius 3 is 2.54 bits per heavy atom. The van der Waals surface area contributed by atoms with Crippen LogP contribution in [0.3, 0.4) is 0 Å². The van der Waals surface area contributed by atoms with Crippen molar-refractivity contribution < 1.29 is 19.4 Å². The highest BCUT2D eigenvalue weighted by molar-refractivity contribution is 5.72. The number of hydrogen-bond donors (Lipinski definition) is 1. The SMILES string of the molecule is [3H]OC[C@@H](CCC(=O)OC(C)(C)C)c1ccc(OC)c(-c2ccccc2)c1. The van der Waals surface area contributed by atoms with Crippen molar-refractivity contribution in [3.63, 3.8) is 0 Å². The van der Waals surface area contributed by atoms with E-state index in [2.05, 4.69) is 5.11 Å². The second kappa shape index (κ2) is 8.86. The Bertz CT molecular complexity index is 738. The third-order valence-corrected chi connectivity index (χ3v) is 4.10. The number of aliphatic hydroxyl groups excluding tert-OH is 1. The van der Waals surface area contributed by atoms with Crippen LogP contribution in [0.25, 0.3) is 11.1 Å². The van der Waals surface area contributed by atoms with Crippen molar-refractivity contribution in [2.45, 2.75) is 45.1 Å². The number of hydrogen-bond acceptors (Lipinski definition) is 4. The summed E-state index contributed by atoms with van der Waals surface area (Å²) in [6, 6.07) is 15.9. The Morgan fingerprint density at radius 1 is 1.19 bits per heavy atom. The van der Waals surface area contributed by atoms with Crippen LogP contribution in [0.4, 0.5) is 0 Å². The maximum absolute atomic E-state index is 12.1. The molecule has 26 heavy (non-hydrogen) atoms. The Kier molecular flexibility index (Phi) is 6.29. The van der Waals surface area contributed by atoms with Crippen LogP contribution < -0.4 is 4.74 Å². The lowest BCUT2D eigenvalue weighted by Gasteiger charge is -2.21. The summed E-state index contributed by atoms with van der Waals surface area (Å²) < 4.78 is 18.1. The van der Waals surface area contributed by atoms with Gasteiger partial charge in [-0.1, -0.05) is 36.4 Å². The van der Waals surface area contributed by atoms with Crippen LogP contribution in [0, 0.1) is 0 Å². The van der Waals surface area contributed by atoms with E-state index in [0.29, 0.717) is 6.42 Å². The molecule has 2 aromatic rings. The molecule has 0 bridgehead atoms. The fourth-order valence-electron chi connectivity index (χ4n) is 2.85. The van der Waals surface area contributed by atoms with Crippen molar-refractivity contribution in [1.29, 1.82) is 1.43 Å². The minimum absolute atomic E-state index is 0.0802. The van der Waals surface area contributed by atoms with Gasteiger partial charge in [-0.05, 0) is 50.5 Å². The molecule has 0 saturated heterocycles. The van der Waals surface area contributed by atoms with Gasteiger partial charge in [-0.2, -0.15) is 0 Å². The van der Waals surface area contributed by atoms with Crippen LogP contribution >= 0.6 is 0 Å².